The van der Waals surface area contributed by atoms with Crippen molar-refractivity contribution in [1.82, 2.24) is 19.8 Å². The summed E-state index contributed by atoms with van der Waals surface area (Å²) in [6.45, 7) is 1.41. The van der Waals surface area contributed by atoms with Crippen molar-refractivity contribution in [3.8, 4) is 0 Å². The van der Waals surface area contributed by atoms with Crippen LogP contribution in [-0.4, -0.2) is 58.4 Å². The first-order valence-corrected chi connectivity index (χ1v) is 10.8. The number of rotatable bonds is 5. The zero-order chi connectivity index (χ0) is 21.8. The van der Waals surface area contributed by atoms with Crippen LogP contribution < -0.4 is 5.56 Å². The van der Waals surface area contributed by atoms with Crippen molar-refractivity contribution in [3.05, 3.63) is 63.3 Å². The number of nitrogens with one attached hydrogen (secondary N) is 1. The monoisotopic (exact) mass is 424 g/mol. The number of hydrogen-bond acceptors (Lipinski definition) is 5. The second kappa shape index (κ2) is 9.43. The van der Waals surface area contributed by atoms with Crippen LogP contribution in [0.2, 0.25) is 0 Å². The van der Waals surface area contributed by atoms with Crippen LogP contribution in [0.5, 0.6) is 0 Å². The maximum absolute atomic E-state index is 13.1. The van der Waals surface area contributed by atoms with E-state index in [2.05, 4.69) is 4.98 Å². The topological polar surface area (TPSA) is 95.6 Å². The summed E-state index contributed by atoms with van der Waals surface area (Å²) in [4.78, 5) is 49.2. The molecule has 1 aromatic heterocycles. The zero-order valence-electron chi connectivity index (χ0n) is 17.8. The summed E-state index contributed by atoms with van der Waals surface area (Å²) in [6.07, 6.45) is 3.57. The van der Waals surface area contributed by atoms with Crippen LogP contribution >= 0.6 is 0 Å². The predicted molar refractivity (Wildman–Crippen MR) is 114 cm³/mol. The molecule has 31 heavy (non-hydrogen) atoms. The van der Waals surface area contributed by atoms with Gasteiger partial charge in [-0.15, -0.1) is 0 Å². The lowest BCUT2D eigenvalue weighted by Crippen LogP contribution is -2.43. The molecule has 3 heterocycles. The lowest BCUT2D eigenvalue weighted by atomic mass is 9.99. The Morgan fingerprint density at radius 3 is 2.74 bits per heavy atom. The molecule has 1 saturated heterocycles. The summed E-state index contributed by atoms with van der Waals surface area (Å²) >= 11 is 0. The second-order valence-electron chi connectivity index (χ2n) is 8.14. The van der Waals surface area contributed by atoms with Gasteiger partial charge in [0.15, 0.2) is 0 Å². The number of likely N-dealkylation sites (tertiary alicyclic amines) is 1. The van der Waals surface area contributed by atoms with Crippen LogP contribution in [0.15, 0.2) is 35.1 Å². The van der Waals surface area contributed by atoms with Crippen molar-refractivity contribution < 1.29 is 14.3 Å². The summed E-state index contributed by atoms with van der Waals surface area (Å²) in [5.74, 6) is 0.468. The van der Waals surface area contributed by atoms with Gasteiger partial charge < -0.3 is 19.5 Å². The molecule has 8 nitrogen and oxygen atoms in total. The van der Waals surface area contributed by atoms with Gasteiger partial charge in [0, 0.05) is 26.6 Å². The van der Waals surface area contributed by atoms with Crippen molar-refractivity contribution in [2.24, 2.45) is 0 Å². The molecule has 2 aliphatic heterocycles. The number of aromatic nitrogens is 2. The average molecular weight is 425 g/mol. The lowest BCUT2D eigenvalue weighted by Gasteiger charge is -2.36. The quantitative estimate of drug-likeness (QED) is 0.787. The Hall–Kier alpha value is -3.00. The Morgan fingerprint density at radius 1 is 1.16 bits per heavy atom. The van der Waals surface area contributed by atoms with Crippen LogP contribution in [0.25, 0.3) is 0 Å². The number of nitrogens with zero attached hydrogens (tertiary/aromatic N) is 3. The maximum atomic E-state index is 13.1. The number of amides is 2. The first-order valence-electron chi connectivity index (χ1n) is 10.8. The van der Waals surface area contributed by atoms with Crippen molar-refractivity contribution in [3.63, 3.8) is 0 Å². The molecule has 2 aromatic rings. The van der Waals surface area contributed by atoms with E-state index in [9.17, 15) is 14.4 Å². The molecule has 0 spiro atoms. The van der Waals surface area contributed by atoms with Crippen LogP contribution in [0, 0.1) is 0 Å². The Bertz CT molecular complexity index is 1000. The van der Waals surface area contributed by atoms with Gasteiger partial charge in [-0.05, 0) is 24.8 Å². The van der Waals surface area contributed by atoms with Crippen molar-refractivity contribution in [2.45, 2.75) is 44.7 Å². The number of benzene rings is 1. The number of hydrogen-bond donors (Lipinski definition) is 1. The van der Waals surface area contributed by atoms with Crippen LogP contribution in [0.4, 0.5) is 0 Å². The molecule has 0 saturated carbocycles. The average Bonchev–Trinajstić information content (AvgIpc) is 2.79. The van der Waals surface area contributed by atoms with E-state index < -0.39 is 0 Å². The van der Waals surface area contributed by atoms with Crippen LogP contribution in [0.3, 0.4) is 0 Å². The van der Waals surface area contributed by atoms with Crippen molar-refractivity contribution in [2.75, 3.05) is 26.8 Å². The second-order valence-corrected chi connectivity index (χ2v) is 8.14. The standard InChI is InChI=1S/C23H28N4O4/c1-31-15-21(29)26-12-10-18-17(14-26)23(30)25-22(24-18)19-9-5-6-11-27(19)20(28)13-16-7-3-2-4-8-16/h2-4,7-8,19H,5-6,9-15H2,1H3,(H,24,25,30)/t19-/m1/s1. The predicted octanol–water partition coefficient (Wildman–Crippen LogP) is 1.60. The van der Waals surface area contributed by atoms with Gasteiger partial charge in [-0.1, -0.05) is 30.3 Å². The summed E-state index contributed by atoms with van der Waals surface area (Å²) < 4.78 is 4.92. The summed E-state index contributed by atoms with van der Waals surface area (Å²) in [6, 6.07) is 9.47. The van der Waals surface area contributed by atoms with E-state index >= 15 is 0 Å². The minimum absolute atomic E-state index is 0.000684. The van der Waals surface area contributed by atoms with Crippen molar-refractivity contribution >= 4 is 11.8 Å². The van der Waals surface area contributed by atoms with Gasteiger partial charge in [0.05, 0.1) is 30.3 Å². The summed E-state index contributed by atoms with van der Waals surface area (Å²) in [5.41, 5.74) is 2.00. The van der Waals surface area contributed by atoms with Gasteiger partial charge in [0.25, 0.3) is 5.56 Å². The van der Waals surface area contributed by atoms with E-state index in [1.165, 1.54) is 7.11 Å². The fourth-order valence-corrected chi connectivity index (χ4v) is 4.42. The number of methoxy groups -OCH3 is 1. The molecular weight excluding hydrogens is 396 g/mol. The number of aromatic amines is 1. The molecule has 1 N–H and O–H groups in total. The summed E-state index contributed by atoms with van der Waals surface area (Å²) in [5, 5.41) is 0. The highest BCUT2D eigenvalue weighted by atomic mass is 16.5. The molecule has 1 fully saturated rings. The fourth-order valence-electron chi connectivity index (χ4n) is 4.42. The highest BCUT2D eigenvalue weighted by Gasteiger charge is 2.32. The van der Waals surface area contributed by atoms with Gasteiger partial charge in [0.2, 0.25) is 11.8 Å². The van der Waals surface area contributed by atoms with E-state index in [0.717, 1.165) is 30.5 Å². The maximum Gasteiger partial charge on any atom is 0.256 e. The van der Waals surface area contributed by atoms with Crippen LogP contribution in [-0.2, 0) is 33.7 Å². The van der Waals surface area contributed by atoms with Gasteiger partial charge in [-0.2, -0.15) is 0 Å². The molecule has 0 radical (unpaired) electrons. The molecule has 4 rings (SSSR count). The molecule has 1 aromatic carbocycles. The zero-order valence-corrected chi connectivity index (χ0v) is 17.8. The third-order valence-electron chi connectivity index (χ3n) is 6.04. The number of carbonyl (C=O) groups excluding carboxylic acids is 2. The number of fused-ring (bicyclic) bond motifs is 1. The minimum atomic E-state index is -0.226. The van der Waals surface area contributed by atoms with Gasteiger partial charge in [-0.3, -0.25) is 14.4 Å². The SMILES string of the molecule is COCC(=O)N1CCc2nc([C@H]3CCCCN3C(=O)Cc3ccccc3)[nH]c(=O)c2C1. The third kappa shape index (κ3) is 4.69. The molecule has 0 aliphatic carbocycles. The van der Waals surface area contributed by atoms with E-state index in [0.29, 0.717) is 37.3 Å². The molecule has 0 bridgehead atoms. The Kier molecular flexibility index (Phi) is 6.46. The molecule has 1 atom stereocenters. The fraction of sp³-hybridized carbons (Fsp3) is 0.478. The molecule has 0 unspecified atom stereocenters. The highest BCUT2D eigenvalue weighted by molar-refractivity contribution is 5.79. The Labute approximate surface area is 181 Å². The highest BCUT2D eigenvalue weighted by Crippen LogP contribution is 2.30. The largest absolute Gasteiger partial charge is 0.375 e. The van der Waals surface area contributed by atoms with Gasteiger partial charge in [-0.25, -0.2) is 4.98 Å². The first-order chi connectivity index (χ1) is 15.1. The molecule has 164 valence electrons. The number of carbonyl (C=O) groups is 2. The minimum Gasteiger partial charge on any atom is -0.375 e. The molecule has 2 aliphatic rings. The molecule has 8 heteroatoms. The number of piperidine rings is 1. The van der Waals surface area contributed by atoms with Gasteiger partial charge in [0.1, 0.15) is 12.4 Å². The van der Waals surface area contributed by atoms with Crippen LogP contribution in [0.1, 0.15) is 47.9 Å². The number of ether oxygens (including phenoxy) is 1. The van der Waals surface area contributed by atoms with E-state index in [4.69, 9.17) is 9.72 Å². The molecule has 2 amide bonds. The van der Waals surface area contributed by atoms with E-state index in [1.54, 1.807) is 4.90 Å². The van der Waals surface area contributed by atoms with E-state index in [1.807, 2.05) is 35.2 Å². The molecular formula is C23H28N4O4. The number of H-pyrrole nitrogens is 1. The van der Waals surface area contributed by atoms with E-state index in [-0.39, 0.29) is 36.6 Å². The van der Waals surface area contributed by atoms with Gasteiger partial charge >= 0.3 is 0 Å². The normalized spacial score (nSPS) is 18.5. The third-order valence-corrected chi connectivity index (χ3v) is 6.04. The van der Waals surface area contributed by atoms with Crippen molar-refractivity contribution in [1.29, 1.82) is 0 Å². The summed E-state index contributed by atoms with van der Waals surface area (Å²) in [7, 11) is 1.48. The Morgan fingerprint density at radius 2 is 1.97 bits per heavy atom. The smallest absolute Gasteiger partial charge is 0.256 e. The lowest BCUT2D eigenvalue weighted by molar-refractivity contribution is -0.136. The Balaban J connectivity index is 1.55. The first kappa shape index (κ1) is 21.2.